The van der Waals surface area contributed by atoms with Gasteiger partial charge in [0.15, 0.2) is 11.4 Å². The predicted molar refractivity (Wildman–Crippen MR) is 216 cm³/mol. The van der Waals surface area contributed by atoms with Crippen LogP contribution < -0.4 is 0 Å². The average Bonchev–Trinajstić information content (AvgIpc) is 3.22. The fourth-order valence-electron chi connectivity index (χ4n) is 5.00. The number of para-hydroxylation sites is 1. The van der Waals surface area contributed by atoms with E-state index in [1.165, 1.54) is 0 Å². The fourth-order valence-corrected chi connectivity index (χ4v) is 5.00. The van der Waals surface area contributed by atoms with Crippen molar-refractivity contribution in [2.75, 3.05) is 0 Å². The van der Waals surface area contributed by atoms with E-state index in [0.717, 1.165) is 44.5 Å². The summed E-state index contributed by atoms with van der Waals surface area (Å²) in [5.41, 5.74) is 11.0. The van der Waals surface area contributed by atoms with Gasteiger partial charge in [-0.25, -0.2) is 9.69 Å². The Hall–Kier alpha value is -7.76. The van der Waals surface area contributed by atoms with Gasteiger partial charge >= 0.3 is 0 Å². The topological polar surface area (TPSA) is 56.3 Å². The number of benzene rings is 6. The first kappa shape index (κ1) is 35.5. The highest BCUT2D eigenvalue weighted by molar-refractivity contribution is 5.78. The number of nitriles is 2. The number of rotatable bonds is 8. The van der Waals surface area contributed by atoms with Crippen molar-refractivity contribution in [2.45, 2.75) is 0 Å². The van der Waals surface area contributed by atoms with Crippen molar-refractivity contribution >= 4 is 60.0 Å². The van der Waals surface area contributed by atoms with Crippen LogP contribution in [-0.2, 0) is 0 Å². The van der Waals surface area contributed by atoms with Crippen LogP contribution in [0.3, 0.4) is 0 Å². The van der Waals surface area contributed by atoms with Crippen LogP contribution in [0.2, 0.25) is 0 Å². The third-order valence-corrected chi connectivity index (χ3v) is 7.92. The molecule has 0 aliphatic rings. The van der Waals surface area contributed by atoms with Crippen LogP contribution in [-0.4, -0.2) is 0 Å². The van der Waals surface area contributed by atoms with Crippen LogP contribution in [0.15, 0.2) is 146 Å². The highest BCUT2D eigenvalue weighted by atomic mass is 14.6. The molecule has 6 rings (SSSR count). The van der Waals surface area contributed by atoms with E-state index in [2.05, 4.69) is 58.2 Å². The number of hydrogen-bond donors (Lipinski definition) is 0. The normalized spacial score (nSPS) is 10.7. The molecule has 52 heavy (non-hydrogen) atoms. The minimum absolute atomic E-state index is 0.652. The molecule has 6 aromatic carbocycles. The van der Waals surface area contributed by atoms with E-state index in [1.54, 1.807) is 0 Å². The van der Waals surface area contributed by atoms with E-state index >= 15 is 0 Å². The van der Waals surface area contributed by atoms with E-state index in [4.69, 9.17) is 23.7 Å². The first-order chi connectivity index (χ1) is 25.6. The second kappa shape index (κ2) is 18.7. The molecule has 0 bridgehead atoms. The van der Waals surface area contributed by atoms with Crippen LogP contribution in [0.4, 0.5) is 11.4 Å². The van der Waals surface area contributed by atoms with Crippen molar-refractivity contribution in [2.24, 2.45) is 0 Å². The second-order valence-corrected chi connectivity index (χ2v) is 11.5. The molecule has 244 valence electrons. The van der Waals surface area contributed by atoms with Crippen molar-refractivity contribution in [3.63, 3.8) is 0 Å². The average molecular weight is 665 g/mol. The first-order valence-electron chi connectivity index (χ1n) is 16.4. The Labute approximate surface area is 305 Å². The zero-order valence-corrected chi connectivity index (χ0v) is 28.3. The largest absolute Gasteiger partial charge is 0.238 e. The third-order valence-electron chi connectivity index (χ3n) is 7.92. The van der Waals surface area contributed by atoms with Crippen molar-refractivity contribution in [1.82, 2.24) is 0 Å². The molecule has 0 radical (unpaired) electrons. The molecule has 0 aromatic heterocycles. The van der Waals surface area contributed by atoms with Gasteiger partial charge < -0.3 is 0 Å². The summed E-state index contributed by atoms with van der Waals surface area (Å²) in [4.78, 5) is 6.92. The van der Waals surface area contributed by atoms with Gasteiger partial charge in [0.2, 0.25) is 0 Å². The molecule has 0 heterocycles. The van der Waals surface area contributed by atoms with Crippen molar-refractivity contribution in [3.8, 4) is 12.1 Å². The van der Waals surface area contributed by atoms with Crippen molar-refractivity contribution < 1.29 is 0 Å². The molecule has 4 heteroatoms. The molecule has 0 saturated heterocycles. The Bertz CT molecular complexity index is 2230. The lowest BCUT2D eigenvalue weighted by molar-refractivity contribution is 1.47. The summed E-state index contributed by atoms with van der Waals surface area (Å²) in [6, 6.07) is 50.9. The van der Waals surface area contributed by atoms with Crippen LogP contribution in [0, 0.1) is 35.8 Å². The second-order valence-electron chi connectivity index (χ2n) is 11.5. The molecule has 0 aliphatic heterocycles. The SMILES string of the molecule is [C-]#[N+]c1ccc(/C=C/c2ccc(/C=C/c3ccc(C#N)cc3)cc2)cc1.[C-]#[N+]c1ccccc1/C=C/c1ccc(/C=C/c2ccccc2C#N)cc1. The van der Waals surface area contributed by atoms with Gasteiger partial charge in [0.05, 0.1) is 36.4 Å². The lowest BCUT2D eigenvalue weighted by Crippen LogP contribution is -1.80. The van der Waals surface area contributed by atoms with Gasteiger partial charge in [0, 0.05) is 0 Å². The lowest BCUT2D eigenvalue weighted by Gasteiger charge is -1.99. The smallest absolute Gasteiger partial charge is 0.194 e. The summed E-state index contributed by atoms with van der Waals surface area (Å²) < 4.78 is 0. The maximum Gasteiger partial charge on any atom is 0.194 e. The van der Waals surface area contributed by atoms with Gasteiger partial charge in [0.25, 0.3) is 0 Å². The molecule has 0 fully saturated rings. The number of hydrogen-bond acceptors (Lipinski definition) is 2. The Morgan fingerprint density at radius 2 is 0.769 bits per heavy atom. The Morgan fingerprint density at radius 3 is 1.21 bits per heavy atom. The molecule has 0 saturated carbocycles. The molecule has 0 amide bonds. The highest BCUT2D eigenvalue weighted by Gasteiger charge is 1.98. The molecule has 6 aromatic rings. The summed E-state index contributed by atoms with van der Waals surface area (Å²) in [7, 11) is 0. The first-order valence-corrected chi connectivity index (χ1v) is 16.4. The van der Waals surface area contributed by atoms with Gasteiger partial charge in [-0.15, -0.1) is 0 Å². The maximum atomic E-state index is 9.13. The van der Waals surface area contributed by atoms with Crippen LogP contribution in [0.5, 0.6) is 0 Å². The lowest BCUT2D eigenvalue weighted by atomic mass is 10.1. The quantitative estimate of drug-likeness (QED) is 0.120. The van der Waals surface area contributed by atoms with Crippen LogP contribution in [0.1, 0.15) is 55.6 Å². The Balaban J connectivity index is 0.000000201. The minimum Gasteiger partial charge on any atom is -0.238 e. The molecular formula is C48H32N4. The minimum atomic E-state index is 0.652. The summed E-state index contributed by atoms with van der Waals surface area (Å²) in [5.74, 6) is 0. The van der Waals surface area contributed by atoms with Gasteiger partial charge in [0.1, 0.15) is 0 Å². The number of nitrogens with zero attached hydrogens (tertiary/aromatic N) is 4. The Morgan fingerprint density at radius 1 is 0.385 bits per heavy atom. The van der Waals surface area contributed by atoms with Gasteiger partial charge in [-0.2, -0.15) is 10.5 Å². The van der Waals surface area contributed by atoms with Crippen LogP contribution >= 0.6 is 0 Å². The summed E-state index contributed by atoms with van der Waals surface area (Å²) in [6.45, 7) is 14.2. The van der Waals surface area contributed by atoms with Crippen LogP contribution in [0.25, 0.3) is 58.3 Å². The molecule has 0 aliphatic carbocycles. The van der Waals surface area contributed by atoms with E-state index in [9.17, 15) is 0 Å². The summed E-state index contributed by atoms with van der Waals surface area (Å²) >= 11 is 0. The summed E-state index contributed by atoms with van der Waals surface area (Å²) in [5, 5.41) is 17.9. The molecular weight excluding hydrogens is 633 g/mol. The molecule has 0 N–H and O–H groups in total. The predicted octanol–water partition coefficient (Wildman–Crippen LogP) is 12.9. The zero-order chi connectivity index (χ0) is 36.4. The molecule has 0 unspecified atom stereocenters. The highest BCUT2D eigenvalue weighted by Crippen LogP contribution is 2.22. The fraction of sp³-hybridized carbons (Fsp3) is 0. The summed E-state index contributed by atoms with van der Waals surface area (Å²) in [6.07, 6.45) is 16.1. The van der Waals surface area contributed by atoms with E-state index in [1.807, 2.05) is 158 Å². The van der Waals surface area contributed by atoms with Crippen molar-refractivity contribution in [3.05, 3.63) is 224 Å². The van der Waals surface area contributed by atoms with E-state index < -0.39 is 0 Å². The molecule has 0 spiro atoms. The van der Waals surface area contributed by atoms with E-state index in [-0.39, 0.29) is 0 Å². The van der Waals surface area contributed by atoms with Gasteiger partial charge in [-0.3, -0.25) is 0 Å². The van der Waals surface area contributed by atoms with E-state index in [0.29, 0.717) is 22.5 Å². The van der Waals surface area contributed by atoms with Crippen molar-refractivity contribution in [1.29, 1.82) is 10.5 Å². The standard InChI is InChI=1S/2C24H16N2/c1-26-24-16-14-22(15-17-24)9-8-20-4-2-19(3-5-20)6-7-21-10-12-23(18-25)13-11-21;1-26-24-9-5-4-7-22(24)17-15-20-12-10-19(11-13-20)14-16-21-6-2-3-8-23(21)18-25/h2*2-17H/b7-6+,9-8+;16-14+,17-15+. The molecule has 0 atom stereocenters. The molecule has 4 nitrogen and oxygen atoms in total. The van der Waals surface area contributed by atoms with Gasteiger partial charge in [-0.05, 0) is 62.7 Å². The Kier molecular flexibility index (Phi) is 12.8. The van der Waals surface area contributed by atoms with Gasteiger partial charge in [-0.1, -0.05) is 176 Å². The third kappa shape index (κ3) is 10.6. The zero-order valence-electron chi connectivity index (χ0n) is 28.3. The maximum absolute atomic E-state index is 9.13. The monoisotopic (exact) mass is 664 g/mol.